The van der Waals surface area contributed by atoms with Gasteiger partial charge in [0.05, 0.1) is 0 Å². The molecule has 0 aliphatic heterocycles. The standard InChI is InChI=1S/C4H3ClN2O/c5-7-2-1-4(8)6-3-7/h1-3H. The molecule has 0 amide bonds. The summed E-state index contributed by atoms with van der Waals surface area (Å²) in [4.78, 5) is 13.6. The van der Waals surface area contributed by atoms with Crippen molar-refractivity contribution >= 4 is 11.8 Å². The van der Waals surface area contributed by atoms with E-state index in [0.29, 0.717) is 0 Å². The third-order valence-corrected chi connectivity index (χ3v) is 0.855. The molecule has 0 unspecified atom stereocenters. The lowest BCUT2D eigenvalue weighted by Crippen LogP contribution is -2.03. The van der Waals surface area contributed by atoms with Gasteiger partial charge in [-0.3, -0.25) is 4.79 Å². The third kappa shape index (κ3) is 1.07. The summed E-state index contributed by atoms with van der Waals surface area (Å²) in [5.41, 5.74) is -0.276. The molecule has 0 atom stereocenters. The Labute approximate surface area is 50.7 Å². The van der Waals surface area contributed by atoms with Gasteiger partial charge in [-0.15, -0.1) is 0 Å². The number of hydrogen-bond donors (Lipinski definition) is 0. The number of rotatable bonds is 0. The summed E-state index contributed by atoms with van der Waals surface area (Å²) < 4.78 is 1.18. The van der Waals surface area contributed by atoms with Crippen LogP contribution in [0.5, 0.6) is 0 Å². The number of aromatic nitrogens is 2. The van der Waals surface area contributed by atoms with Gasteiger partial charge in [0.1, 0.15) is 6.33 Å². The second kappa shape index (κ2) is 1.96. The van der Waals surface area contributed by atoms with Crippen LogP contribution in [0.15, 0.2) is 23.4 Å². The molecule has 0 aliphatic rings. The van der Waals surface area contributed by atoms with Crippen molar-refractivity contribution in [1.82, 2.24) is 9.07 Å². The molecule has 8 heavy (non-hydrogen) atoms. The van der Waals surface area contributed by atoms with Gasteiger partial charge in [-0.1, -0.05) is 0 Å². The Morgan fingerprint density at radius 3 is 2.88 bits per heavy atom. The monoisotopic (exact) mass is 130 g/mol. The average molecular weight is 131 g/mol. The van der Waals surface area contributed by atoms with Crippen LogP contribution in [0.3, 0.4) is 0 Å². The average Bonchev–Trinajstić information content (AvgIpc) is 1.77. The summed E-state index contributed by atoms with van der Waals surface area (Å²) in [6.45, 7) is 0. The Morgan fingerprint density at radius 1 is 1.75 bits per heavy atom. The fourth-order valence-corrected chi connectivity index (χ4v) is 0.429. The first-order valence-corrected chi connectivity index (χ1v) is 2.33. The summed E-state index contributed by atoms with van der Waals surface area (Å²) >= 11 is 5.33. The Morgan fingerprint density at radius 2 is 2.50 bits per heavy atom. The first-order valence-electron chi connectivity index (χ1n) is 1.99. The second-order valence-electron chi connectivity index (χ2n) is 1.24. The molecule has 0 bridgehead atoms. The lowest BCUT2D eigenvalue weighted by atomic mass is 10.7. The molecule has 0 fully saturated rings. The van der Waals surface area contributed by atoms with Gasteiger partial charge < -0.3 is 0 Å². The van der Waals surface area contributed by atoms with Crippen molar-refractivity contribution in [3.05, 3.63) is 28.9 Å². The second-order valence-corrected chi connectivity index (χ2v) is 1.63. The molecule has 1 aromatic rings. The van der Waals surface area contributed by atoms with E-state index in [-0.39, 0.29) is 5.56 Å². The van der Waals surface area contributed by atoms with Crippen LogP contribution in [-0.2, 0) is 0 Å². The normalized spacial score (nSPS) is 9.12. The molecule has 42 valence electrons. The summed E-state index contributed by atoms with van der Waals surface area (Å²) in [6, 6.07) is 1.28. The van der Waals surface area contributed by atoms with E-state index in [4.69, 9.17) is 11.8 Å². The van der Waals surface area contributed by atoms with Crippen LogP contribution in [-0.4, -0.2) is 9.07 Å². The maximum absolute atomic E-state index is 10.2. The van der Waals surface area contributed by atoms with Crippen LogP contribution in [0.4, 0.5) is 0 Å². The van der Waals surface area contributed by atoms with E-state index in [1.54, 1.807) is 0 Å². The summed E-state index contributed by atoms with van der Waals surface area (Å²) in [7, 11) is 0. The van der Waals surface area contributed by atoms with Gasteiger partial charge in [-0.25, -0.2) is 4.09 Å². The van der Waals surface area contributed by atoms with E-state index in [2.05, 4.69) is 4.98 Å². The predicted molar refractivity (Wildman–Crippen MR) is 29.7 cm³/mol. The molecule has 0 aliphatic carbocycles. The quantitative estimate of drug-likeness (QED) is 0.505. The predicted octanol–water partition coefficient (Wildman–Crippen LogP) is 0.245. The molecule has 0 N–H and O–H groups in total. The molecule has 1 aromatic heterocycles. The van der Waals surface area contributed by atoms with Crippen molar-refractivity contribution in [3.8, 4) is 0 Å². The molecular formula is C4H3ClN2O. The molecule has 0 saturated heterocycles. The van der Waals surface area contributed by atoms with E-state index in [1.807, 2.05) is 0 Å². The molecular weight excluding hydrogens is 128 g/mol. The number of hydrogen-bond acceptors (Lipinski definition) is 2. The minimum atomic E-state index is -0.276. The minimum absolute atomic E-state index is 0.276. The molecule has 1 heterocycles. The van der Waals surface area contributed by atoms with Crippen LogP contribution < -0.4 is 5.56 Å². The van der Waals surface area contributed by atoms with E-state index < -0.39 is 0 Å². The highest BCUT2D eigenvalue weighted by Crippen LogP contribution is 1.80. The topological polar surface area (TPSA) is 34.9 Å². The van der Waals surface area contributed by atoms with Gasteiger partial charge in [-0.2, -0.15) is 4.98 Å². The molecule has 4 heteroatoms. The lowest BCUT2D eigenvalue weighted by Gasteiger charge is -1.84. The van der Waals surface area contributed by atoms with Crippen molar-refractivity contribution in [2.75, 3.05) is 0 Å². The largest absolute Gasteiger partial charge is 0.272 e. The van der Waals surface area contributed by atoms with Crippen LogP contribution in [0.1, 0.15) is 0 Å². The van der Waals surface area contributed by atoms with Gasteiger partial charge >= 0.3 is 0 Å². The smallest absolute Gasteiger partial charge is 0.267 e. The van der Waals surface area contributed by atoms with Crippen molar-refractivity contribution in [1.29, 1.82) is 0 Å². The molecule has 0 saturated carbocycles. The van der Waals surface area contributed by atoms with Gasteiger partial charge in [0.15, 0.2) is 0 Å². The van der Waals surface area contributed by atoms with Crippen molar-refractivity contribution in [2.45, 2.75) is 0 Å². The van der Waals surface area contributed by atoms with Gasteiger partial charge in [0, 0.05) is 24.0 Å². The zero-order valence-electron chi connectivity index (χ0n) is 3.91. The number of halogens is 1. The highest BCUT2D eigenvalue weighted by molar-refractivity contribution is 6.15. The number of nitrogens with zero attached hydrogens (tertiary/aromatic N) is 2. The zero-order chi connectivity index (χ0) is 5.98. The van der Waals surface area contributed by atoms with Crippen molar-refractivity contribution < 1.29 is 0 Å². The van der Waals surface area contributed by atoms with Gasteiger partial charge in [-0.05, 0) is 0 Å². The van der Waals surface area contributed by atoms with Crippen LogP contribution in [0.2, 0.25) is 0 Å². The SMILES string of the molecule is O=c1ccn(Cl)cn1. The third-order valence-electron chi connectivity index (χ3n) is 0.655. The molecule has 0 radical (unpaired) electrons. The molecule has 1 rings (SSSR count). The van der Waals surface area contributed by atoms with Crippen molar-refractivity contribution in [2.24, 2.45) is 0 Å². The molecule has 3 nitrogen and oxygen atoms in total. The lowest BCUT2D eigenvalue weighted by molar-refractivity contribution is 1.06. The fraction of sp³-hybridized carbons (Fsp3) is 0. The van der Waals surface area contributed by atoms with Crippen LogP contribution in [0, 0.1) is 0 Å². The Balaban J connectivity index is 3.22. The van der Waals surface area contributed by atoms with Crippen LogP contribution in [0.25, 0.3) is 0 Å². The summed E-state index contributed by atoms with van der Waals surface area (Å²) in [6.07, 6.45) is 2.67. The Hall–Kier alpha value is -0.830. The zero-order valence-corrected chi connectivity index (χ0v) is 4.67. The summed E-state index contributed by atoms with van der Waals surface area (Å²) in [5, 5.41) is 0. The highest BCUT2D eigenvalue weighted by atomic mass is 35.5. The highest BCUT2D eigenvalue weighted by Gasteiger charge is 1.79. The Kier molecular flexibility index (Phi) is 1.30. The van der Waals surface area contributed by atoms with E-state index in [9.17, 15) is 4.79 Å². The summed E-state index contributed by atoms with van der Waals surface area (Å²) in [5.74, 6) is 0. The fourth-order valence-electron chi connectivity index (χ4n) is 0.329. The first-order chi connectivity index (χ1) is 3.79. The molecule has 0 aromatic carbocycles. The first kappa shape index (κ1) is 5.31. The van der Waals surface area contributed by atoms with Gasteiger partial charge in [0.25, 0.3) is 5.56 Å². The van der Waals surface area contributed by atoms with Crippen LogP contribution >= 0.6 is 11.8 Å². The Bertz CT molecular complexity index is 211. The van der Waals surface area contributed by atoms with E-state index >= 15 is 0 Å². The van der Waals surface area contributed by atoms with Crippen molar-refractivity contribution in [3.63, 3.8) is 0 Å². The van der Waals surface area contributed by atoms with E-state index in [0.717, 1.165) is 0 Å². The minimum Gasteiger partial charge on any atom is -0.267 e. The van der Waals surface area contributed by atoms with E-state index in [1.165, 1.54) is 22.7 Å². The maximum atomic E-state index is 10.2. The van der Waals surface area contributed by atoms with Gasteiger partial charge in [0.2, 0.25) is 0 Å². The molecule has 0 spiro atoms. The maximum Gasteiger partial charge on any atom is 0.272 e.